The summed E-state index contributed by atoms with van der Waals surface area (Å²) < 4.78 is 28.4. The minimum atomic E-state index is -3.67. The van der Waals surface area contributed by atoms with E-state index < -0.39 is 10.0 Å². The zero-order valence-corrected chi connectivity index (χ0v) is 15.9. The van der Waals surface area contributed by atoms with Crippen molar-refractivity contribution in [3.63, 3.8) is 0 Å². The molecule has 1 aromatic carbocycles. The fraction of sp³-hybridized carbons (Fsp3) is 0.444. The van der Waals surface area contributed by atoms with Crippen molar-refractivity contribution in [2.45, 2.75) is 31.2 Å². The van der Waals surface area contributed by atoms with E-state index >= 15 is 0 Å². The zero-order valence-electron chi connectivity index (χ0n) is 15.1. The maximum Gasteiger partial charge on any atom is 0.262 e. The summed E-state index contributed by atoms with van der Waals surface area (Å²) in [5, 5.41) is 2.92. The minimum absolute atomic E-state index is 0.0243. The van der Waals surface area contributed by atoms with Crippen LogP contribution in [0.1, 0.15) is 25.3 Å². The van der Waals surface area contributed by atoms with E-state index in [1.54, 1.807) is 11.6 Å². The van der Waals surface area contributed by atoms with Crippen molar-refractivity contribution in [3.05, 3.63) is 42.4 Å². The van der Waals surface area contributed by atoms with Crippen LogP contribution in [0.2, 0.25) is 0 Å². The Morgan fingerprint density at radius 3 is 2.65 bits per heavy atom. The van der Waals surface area contributed by atoms with Crippen molar-refractivity contribution in [3.8, 4) is 0 Å². The van der Waals surface area contributed by atoms with Crippen LogP contribution in [-0.2, 0) is 28.3 Å². The van der Waals surface area contributed by atoms with Gasteiger partial charge in [-0.25, -0.2) is 13.4 Å². The Kier molecular flexibility index (Phi) is 5.43. The first-order valence-corrected chi connectivity index (χ1v) is 10.2. The Hall–Kier alpha value is -2.19. The van der Waals surface area contributed by atoms with E-state index in [-0.39, 0.29) is 23.4 Å². The smallest absolute Gasteiger partial charge is 0.262 e. The average molecular weight is 376 g/mol. The molecule has 1 aliphatic rings. The van der Waals surface area contributed by atoms with Gasteiger partial charge in [0.1, 0.15) is 0 Å². The maximum atomic E-state index is 12.7. The number of carbonyl (C=O) groups is 1. The molecule has 0 radical (unpaired) electrons. The molecule has 140 valence electrons. The molecule has 0 aliphatic carbocycles. The van der Waals surface area contributed by atoms with Crippen LogP contribution in [-0.4, -0.2) is 41.3 Å². The van der Waals surface area contributed by atoms with Gasteiger partial charge in [-0.05, 0) is 37.0 Å². The third-order valence-corrected chi connectivity index (χ3v) is 6.42. The number of nitrogens with one attached hydrogen (secondary N) is 1. The Balaban J connectivity index is 1.68. The van der Waals surface area contributed by atoms with Gasteiger partial charge < -0.3 is 9.88 Å². The van der Waals surface area contributed by atoms with Gasteiger partial charge in [0, 0.05) is 32.0 Å². The van der Waals surface area contributed by atoms with E-state index in [1.165, 1.54) is 22.4 Å². The highest BCUT2D eigenvalue weighted by molar-refractivity contribution is 7.89. The number of carbonyl (C=O) groups excluding carboxylic acids is 1. The van der Waals surface area contributed by atoms with Gasteiger partial charge in [-0.1, -0.05) is 19.1 Å². The second kappa shape index (κ2) is 7.59. The summed E-state index contributed by atoms with van der Waals surface area (Å²) in [6.45, 7) is 2.66. The van der Waals surface area contributed by atoms with Crippen LogP contribution in [0.5, 0.6) is 0 Å². The zero-order chi connectivity index (χ0) is 18.7. The fourth-order valence-corrected chi connectivity index (χ4v) is 4.59. The molecule has 1 saturated heterocycles. The van der Waals surface area contributed by atoms with Crippen LogP contribution >= 0.6 is 0 Å². The van der Waals surface area contributed by atoms with Gasteiger partial charge in [-0.15, -0.1) is 0 Å². The molecule has 2 heterocycles. The van der Waals surface area contributed by atoms with E-state index in [9.17, 15) is 13.2 Å². The Bertz CT molecular complexity index is 874. The maximum absolute atomic E-state index is 12.7. The van der Waals surface area contributed by atoms with E-state index in [4.69, 9.17) is 0 Å². The first kappa shape index (κ1) is 18.6. The topological polar surface area (TPSA) is 84.3 Å². The Morgan fingerprint density at radius 2 is 2.04 bits per heavy atom. The quantitative estimate of drug-likeness (QED) is 0.865. The molecule has 1 fully saturated rings. The molecule has 3 rings (SSSR count). The van der Waals surface area contributed by atoms with E-state index in [1.807, 2.05) is 24.3 Å². The number of hydrogen-bond donors (Lipinski definition) is 1. The van der Waals surface area contributed by atoms with Gasteiger partial charge in [-0.2, -0.15) is 4.31 Å². The summed E-state index contributed by atoms with van der Waals surface area (Å²) in [5.74, 6) is -0.511. The predicted octanol–water partition coefficient (Wildman–Crippen LogP) is 2.02. The first-order chi connectivity index (χ1) is 12.4. The van der Waals surface area contributed by atoms with E-state index in [0.29, 0.717) is 19.4 Å². The highest BCUT2D eigenvalue weighted by atomic mass is 32.2. The SMILES string of the molecule is CCc1ccc(NC(=O)[C@H]2CCCN(S(=O)(=O)c3cn(C)cn3)C2)cc1. The molecule has 26 heavy (non-hydrogen) atoms. The molecule has 1 aromatic heterocycles. The highest BCUT2D eigenvalue weighted by Crippen LogP contribution is 2.24. The first-order valence-electron chi connectivity index (χ1n) is 8.78. The van der Waals surface area contributed by atoms with Crippen LogP contribution in [0.15, 0.2) is 41.8 Å². The van der Waals surface area contributed by atoms with E-state index in [0.717, 1.165) is 12.1 Å². The Labute approximate surface area is 154 Å². The molecule has 2 aromatic rings. The number of imidazole rings is 1. The number of aromatic nitrogens is 2. The fourth-order valence-electron chi connectivity index (χ4n) is 3.10. The molecule has 7 nitrogen and oxygen atoms in total. The van der Waals surface area contributed by atoms with Crippen LogP contribution < -0.4 is 5.32 Å². The number of rotatable bonds is 5. The number of anilines is 1. The van der Waals surface area contributed by atoms with Gasteiger partial charge in [0.25, 0.3) is 10.0 Å². The van der Waals surface area contributed by atoms with Crippen LogP contribution in [0, 0.1) is 5.92 Å². The lowest BCUT2D eigenvalue weighted by Gasteiger charge is -2.30. The molecule has 8 heteroatoms. The number of aryl methyl sites for hydroxylation is 2. The lowest BCUT2D eigenvalue weighted by Crippen LogP contribution is -2.43. The molecule has 1 atom stereocenters. The third kappa shape index (κ3) is 3.96. The molecular weight excluding hydrogens is 352 g/mol. The van der Waals surface area contributed by atoms with Crippen molar-refractivity contribution in [1.82, 2.24) is 13.9 Å². The minimum Gasteiger partial charge on any atom is -0.339 e. The molecule has 0 saturated carbocycles. The van der Waals surface area contributed by atoms with Crippen molar-refractivity contribution < 1.29 is 13.2 Å². The second-order valence-electron chi connectivity index (χ2n) is 6.62. The van der Waals surface area contributed by atoms with Gasteiger partial charge in [0.05, 0.1) is 12.2 Å². The lowest BCUT2D eigenvalue weighted by atomic mass is 9.98. The van der Waals surface area contributed by atoms with Gasteiger partial charge in [-0.3, -0.25) is 4.79 Å². The summed E-state index contributed by atoms with van der Waals surface area (Å²) in [5.41, 5.74) is 1.94. The molecule has 1 N–H and O–H groups in total. The Morgan fingerprint density at radius 1 is 1.31 bits per heavy atom. The summed E-state index contributed by atoms with van der Waals surface area (Å²) >= 11 is 0. The van der Waals surface area contributed by atoms with Crippen molar-refractivity contribution in [2.75, 3.05) is 18.4 Å². The van der Waals surface area contributed by atoms with Crippen molar-refractivity contribution in [2.24, 2.45) is 13.0 Å². The summed E-state index contributed by atoms with van der Waals surface area (Å²) in [6, 6.07) is 7.71. The number of sulfonamides is 1. The number of piperidine rings is 1. The second-order valence-corrected chi connectivity index (χ2v) is 8.50. The molecule has 1 amide bonds. The molecule has 0 unspecified atom stereocenters. The lowest BCUT2D eigenvalue weighted by molar-refractivity contribution is -0.120. The standard InChI is InChI=1S/C18H24N4O3S/c1-3-14-6-8-16(9-7-14)20-18(23)15-5-4-10-22(11-15)26(24,25)17-12-21(2)13-19-17/h6-9,12-13,15H,3-5,10-11H2,1-2H3,(H,20,23)/t15-/m0/s1. The molecule has 1 aliphatic heterocycles. The average Bonchev–Trinajstić information content (AvgIpc) is 3.10. The number of benzene rings is 1. The molecule has 0 spiro atoms. The monoisotopic (exact) mass is 376 g/mol. The van der Waals surface area contributed by atoms with Crippen LogP contribution in [0.4, 0.5) is 5.69 Å². The summed E-state index contributed by atoms with van der Waals surface area (Å²) in [7, 11) is -1.94. The van der Waals surface area contributed by atoms with Crippen molar-refractivity contribution in [1.29, 1.82) is 0 Å². The van der Waals surface area contributed by atoms with Crippen LogP contribution in [0.3, 0.4) is 0 Å². The normalized spacial score (nSPS) is 18.6. The predicted molar refractivity (Wildman–Crippen MR) is 99.1 cm³/mol. The largest absolute Gasteiger partial charge is 0.339 e. The third-order valence-electron chi connectivity index (χ3n) is 4.67. The number of nitrogens with zero attached hydrogens (tertiary/aromatic N) is 3. The van der Waals surface area contributed by atoms with Gasteiger partial charge in [0.2, 0.25) is 5.91 Å². The number of amides is 1. The molecule has 0 bridgehead atoms. The van der Waals surface area contributed by atoms with E-state index in [2.05, 4.69) is 17.2 Å². The number of hydrogen-bond acceptors (Lipinski definition) is 4. The van der Waals surface area contributed by atoms with Crippen LogP contribution in [0.25, 0.3) is 0 Å². The summed E-state index contributed by atoms with van der Waals surface area (Å²) in [6.07, 6.45) is 5.21. The molecular formula is C18H24N4O3S. The van der Waals surface area contributed by atoms with Gasteiger partial charge >= 0.3 is 0 Å². The summed E-state index contributed by atoms with van der Waals surface area (Å²) in [4.78, 5) is 16.5. The highest BCUT2D eigenvalue weighted by Gasteiger charge is 2.34. The van der Waals surface area contributed by atoms with Crippen molar-refractivity contribution >= 4 is 21.6 Å². The van der Waals surface area contributed by atoms with Gasteiger partial charge in [0.15, 0.2) is 5.03 Å².